The molecule has 1 aromatic carbocycles. The summed E-state index contributed by atoms with van der Waals surface area (Å²) >= 11 is 0. The fraction of sp³-hybridized carbons (Fsp3) is 0.273. The van der Waals surface area contributed by atoms with Crippen LogP contribution in [0.3, 0.4) is 0 Å². The number of rotatable bonds is 4. The molecule has 3 aromatic rings. The summed E-state index contributed by atoms with van der Waals surface area (Å²) in [7, 11) is 2.01. The molecule has 1 fully saturated rings. The SMILES string of the molecule is C[n+]1ccc(/C=C/c2cn(CC(=O)N3CCOCC3)c3ccccc23)cc1. The van der Waals surface area contributed by atoms with Crippen LogP contribution in [0.2, 0.25) is 0 Å². The molecule has 1 amide bonds. The number of carbonyl (C=O) groups excluding carboxylic acids is 1. The lowest BCUT2D eigenvalue weighted by molar-refractivity contribution is -0.671. The lowest BCUT2D eigenvalue weighted by Crippen LogP contribution is -2.42. The Hall–Kier alpha value is -2.92. The highest BCUT2D eigenvalue weighted by Gasteiger charge is 2.18. The predicted molar refractivity (Wildman–Crippen MR) is 106 cm³/mol. The van der Waals surface area contributed by atoms with E-state index in [4.69, 9.17) is 4.74 Å². The van der Waals surface area contributed by atoms with Crippen LogP contribution in [0.5, 0.6) is 0 Å². The van der Waals surface area contributed by atoms with Crippen molar-refractivity contribution in [2.75, 3.05) is 26.3 Å². The van der Waals surface area contributed by atoms with E-state index in [1.807, 2.05) is 41.0 Å². The first kappa shape index (κ1) is 17.5. The number of aryl methyl sites for hydroxylation is 1. The molecule has 0 unspecified atom stereocenters. The number of ether oxygens (including phenoxy) is 1. The third kappa shape index (κ3) is 3.93. The Kier molecular flexibility index (Phi) is 5.03. The topological polar surface area (TPSA) is 38.3 Å². The van der Waals surface area contributed by atoms with Crippen molar-refractivity contribution in [3.63, 3.8) is 0 Å². The Bertz CT molecular complexity index is 967. The largest absolute Gasteiger partial charge is 0.378 e. The van der Waals surface area contributed by atoms with Gasteiger partial charge >= 0.3 is 0 Å². The second-order valence-electron chi connectivity index (χ2n) is 6.85. The first-order chi connectivity index (χ1) is 13.2. The van der Waals surface area contributed by atoms with Crippen LogP contribution in [-0.2, 0) is 23.1 Å². The molecule has 5 heteroatoms. The summed E-state index contributed by atoms with van der Waals surface area (Å²) in [6.07, 6.45) is 10.4. The standard InChI is InChI=1S/C22H24N3O2/c1-23-10-8-18(9-11-23)6-7-19-16-25(21-5-3-2-4-20(19)21)17-22(26)24-12-14-27-15-13-24/h2-11,16H,12-15,17H2,1H3/q+1. The van der Waals surface area contributed by atoms with Gasteiger partial charge in [-0.15, -0.1) is 0 Å². The van der Waals surface area contributed by atoms with Gasteiger partial charge in [-0.25, -0.2) is 4.57 Å². The summed E-state index contributed by atoms with van der Waals surface area (Å²) < 4.78 is 9.41. The molecular weight excluding hydrogens is 338 g/mol. The summed E-state index contributed by atoms with van der Waals surface area (Å²) in [5.41, 5.74) is 3.35. The van der Waals surface area contributed by atoms with E-state index in [2.05, 4.69) is 47.2 Å². The van der Waals surface area contributed by atoms with Crippen molar-refractivity contribution in [2.45, 2.75) is 6.54 Å². The maximum Gasteiger partial charge on any atom is 0.242 e. The lowest BCUT2D eigenvalue weighted by atomic mass is 10.1. The number of pyridine rings is 1. The van der Waals surface area contributed by atoms with Gasteiger partial charge in [-0.2, -0.15) is 0 Å². The van der Waals surface area contributed by atoms with E-state index in [1.165, 1.54) is 0 Å². The van der Waals surface area contributed by atoms with E-state index in [0.29, 0.717) is 32.8 Å². The van der Waals surface area contributed by atoms with E-state index in [9.17, 15) is 4.79 Å². The average Bonchev–Trinajstić information content (AvgIpc) is 3.06. The number of hydrogen-bond acceptors (Lipinski definition) is 2. The van der Waals surface area contributed by atoms with E-state index < -0.39 is 0 Å². The van der Waals surface area contributed by atoms with Gasteiger partial charge in [0.05, 0.1) is 13.2 Å². The van der Waals surface area contributed by atoms with E-state index >= 15 is 0 Å². The summed E-state index contributed by atoms with van der Waals surface area (Å²) in [5, 5.41) is 1.16. The third-order valence-electron chi connectivity index (χ3n) is 4.95. The molecule has 5 nitrogen and oxygen atoms in total. The highest BCUT2D eigenvalue weighted by Crippen LogP contribution is 2.23. The molecule has 4 rings (SSSR count). The number of amides is 1. The Morgan fingerprint density at radius 2 is 1.85 bits per heavy atom. The molecule has 1 aliphatic rings. The highest BCUT2D eigenvalue weighted by molar-refractivity contribution is 5.93. The van der Waals surface area contributed by atoms with Gasteiger partial charge in [-0.3, -0.25) is 4.79 Å². The Labute approximate surface area is 159 Å². The number of morpholine rings is 1. The fourth-order valence-corrected chi connectivity index (χ4v) is 3.41. The number of fused-ring (bicyclic) bond motifs is 1. The third-order valence-corrected chi connectivity index (χ3v) is 4.95. The van der Waals surface area contributed by atoms with E-state index in [1.54, 1.807) is 0 Å². The zero-order valence-electron chi connectivity index (χ0n) is 15.5. The van der Waals surface area contributed by atoms with Gasteiger partial charge in [0.15, 0.2) is 12.4 Å². The molecule has 2 aromatic heterocycles. The molecule has 0 aliphatic carbocycles. The summed E-state index contributed by atoms with van der Waals surface area (Å²) in [4.78, 5) is 14.5. The minimum absolute atomic E-state index is 0.144. The van der Waals surface area contributed by atoms with Crippen LogP contribution in [0.1, 0.15) is 11.1 Å². The lowest BCUT2D eigenvalue weighted by Gasteiger charge is -2.27. The van der Waals surface area contributed by atoms with Crippen LogP contribution in [0.25, 0.3) is 23.1 Å². The number of para-hydroxylation sites is 1. The second kappa shape index (κ2) is 7.76. The van der Waals surface area contributed by atoms with Crippen molar-refractivity contribution in [1.82, 2.24) is 9.47 Å². The second-order valence-corrected chi connectivity index (χ2v) is 6.85. The van der Waals surface area contributed by atoms with Crippen molar-refractivity contribution in [2.24, 2.45) is 7.05 Å². The first-order valence-electron chi connectivity index (χ1n) is 9.27. The average molecular weight is 362 g/mol. The monoisotopic (exact) mass is 362 g/mol. The van der Waals surface area contributed by atoms with Crippen molar-refractivity contribution >= 4 is 29.0 Å². The number of nitrogens with zero attached hydrogens (tertiary/aromatic N) is 3. The minimum Gasteiger partial charge on any atom is -0.378 e. The molecule has 0 radical (unpaired) electrons. The number of benzene rings is 1. The molecule has 138 valence electrons. The van der Waals surface area contributed by atoms with Crippen molar-refractivity contribution in [3.8, 4) is 0 Å². The quantitative estimate of drug-likeness (QED) is 0.669. The Morgan fingerprint density at radius 3 is 2.63 bits per heavy atom. The zero-order valence-corrected chi connectivity index (χ0v) is 15.5. The zero-order chi connectivity index (χ0) is 18.6. The van der Waals surface area contributed by atoms with Crippen molar-refractivity contribution in [1.29, 1.82) is 0 Å². The number of hydrogen-bond donors (Lipinski definition) is 0. The van der Waals surface area contributed by atoms with Crippen LogP contribution in [-0.4, -0.2) is 41.7 Å². The smallest absolute Gasteiger partial charge is 0.242 e. The van der Waals surface area contributed by atoms with Gasteiger partial charge in [0, 0.05) is 47.9 Å². The molecule has 0 bridgehead atoms. The van der Waals surface area contributed by atoms with Gasteiger partial charge < -0.3 is 14.2 Å². The first-order valence-corrected chi connectivity index (χ1v) is 9.27. The van der Waals surface area contributed by atoms with Crippen molar-refractivity contribution < 1.29 is 14.1 Å². The molecule has 1 aliphatic heterocycles. The summed E-state index contributed by atoms with van der Waals surface area (Å²) in [5.74, 6) is 0.144. The van der Waals surface area contributed by atoms with Crippen LogP contribution >= 0.6 is 0 Å². The molecule has 0 saturated carbocycles. The highest BCUT2D eigenvalue weighted by atomic mass is 16.5. The predicted octanol–water partition coefficient (Wildman–Crippen LogP) is 2.50. The maximum absolute atomic E-state index is 12.7. The van der Waals surface area contributed by atoms with Crippen LogP contribution < -0.4 is 4.57 Å². The molecule has 0 spiro atoms. The van der Waals surface area contributed by atoms with Gasteiger partial charge in [0.2, 0.25) is 5.91 Å². The number of carbonyl (C=O) groups is 1. The molecule has 1 saturated heterocycles. The van der Waals surface area contributed by atoms with Gasteiger partial charge in [0.25, 0.3) is 0 Å². The van der Waals surface area contributed by atoms with E-state index in [-0.39, 0.29) is 5.91 Å². The minimum atomic E-state index is 0.144. The molecular formula is C22H24N3O2+. The summed E-state index contributed by atoms with van der Waals surface area (Å²) in [6.45, 7) is 2.96. The fourth-order valence-electron chi connectivity index (χ4n) is 3.41. The number of aromatic nitrogens is 2. The normalized spacial score (nSPS) is 14.9. The van der Waals surface area contributed by atoms with Gasteiger partial charge in [-0.05, 0) is 11.6 Å². The maximum atomic E-state index is 12.7. The molecule has 0 atom stereocenters. The Morgan fingerprint density at radius 1 is 1.11 bits per heavy atom. The van der Waals surface area contributed by atoms with Gasteiger partial charge in [0.1, 0.15) is 13.6 Å². The van der Waals surface area contributed by atoms with Crippen molar-refractivity contribution in [3.05, 3.63) is 66.1 Å². The van der Waals surface area contributed by atoms with E-state index in [0.717, 1.165) is 22.0 Å². The van der Waals surface area contributed by atoms with Crippen LogP contribution in [0.4, 0.5) is 0 Å². The van der Waals surface area contributed by atoms with Crippen LogP contribution in [0.15, 0.2) is 55.0 Å². The molecule has 3 heterocycles. The molecule has 27 heavy (non-hydrogen) atoms. The molecule has 0 N–H and O–H groups in total. The van der Waals surface area contributed by atoms with Gasteiger partial charge in [-0.1, -0.05) is 30.4 Å². The Balaban J connectivity index is 1.60. The van der Waals surface area contributed by atoms with Crippen LogP contribution in [0, 0.1) is 0 Å². The summed E-state index contributed by atoms with van der Waals surface area (Å²) in [6, 6.07) is 12.4.